The van der Waals surface area contributed by atoms with Gasteiger partial charge < -0.3 is 20.3 Å². The molecule has 0 saturated heterocycles. The first-order valence-electron chi connectivity index (χ1n) is 6.77. The van der Waals surface area contributed by atoms with Crippen molar-refractivity contribution in [1.29, 1.82) is 0 Å². The number of benzene rings is 1. The number of carbonyl (C=O) groups excluding carboxylic acids is 1. The second-order valence-corrected chi connectivity index (χ2v) is 6.22. The van der Waals surface area contributed by atoms with Crippen LogP contribution in [0.25, 0.3) is 0 Å². The average molecular weight is 316 g/mol. The molecule has 0 fully saturated rings. The number of aliphatic hydroxyl groups is 2. The molecule has 0 radical (unpaired) electrons. The van der Waals surface area contributed by atoms with Gasteiger partial charge in [0.25, 0.3) is 0 Å². The quantitative estimate of drug-likeness (QED) is 0.780. The fraction of sp³-hybridized carbons (Fsp3) is 0.533. The molecule has 3 N–H and O–H groups in total. The van der Waals surface area contributed by atoms with Crippen LogP contribution >= 0.6 is 11.6 Å². The molecule has 21 heavy (non-hydrogen) atoms. The first kappa shape index (κ1) is 17.8. The number of alkyl carbamates (subject to hydrolysis) is 1. The molecule has 0 saturated carbocycles. The number of aliphatic hydroxyl groups excluding tert-OH is 2. The van der Waals surface area contributed by atoms with Crippen LogP contribution in [0.15, 0.2) is 24.3 Å². The molecular weight excluding hydrogens is 294 g/mol. The standard InChI is InChI=1S/C15H22ClNO4/c1-15(2,3)21-14(20)17-8-7-12(18)13(19)10-5-4-6-11(16)9-10/h4-6,9,12-13,18-19H,7-8H2,1-3H3,(H,17,20). The van der Waals surface area contributed by atoms with E-state index in [1.54, 1.807) is 45.0 Å². The molecule has 1 amide bonds. The summed E-state index contributed by atoms with van der Waals surface area (Å²) in [6.45, 7) is 5.51. The second kappa shape index (κ2) is 7.64. The van der Waals surface area contributed by atoms with Gasteiger partial charge in [0.1, 0.15) is 11.7 Å². The highest BCUT2D eigenvalue weighted by molar-refractivity contribution is 6.30. The lowest BCUT2D eigenvalue weighted by atomic mass is 10.0. The van der Waals surface area contributed by atoms with Gasteiger partial charge in [-0.25, -0.2) is 4.79 Å². The van der Waals surface area contributed by atoms with Gasteiger partial charge in [-0.2, -0.15) is 0 Å². The molecule has 1 rings (SSSR count). The van der Waals surface area contributed by atoms with Crippen LogP contribution in [0.2, 0.25) is 5.02 Å². The van der Waals surface area contributed by atoms with Crippen molar-refractivity contribution in [2.24, 2.45) is 0 Å². The molecule has 5 nitrogen and oxygen atoms in total. The van der Waals surface area contributed by atoms with Crippen LogP contribution in [0, 0.1) is 0 Å². The number of amides is 1. The van der Waals surface area contributed by atoms with Crippen LogP contribution in [0.4, 0.5) is 4.79 Å². The van der Waals surface area contributed by atoms with E-state index in [-0.39, 0.29) is 13.0 Å². The Bertz CT molecular complexity index is 473. The summed E-state index contributed by atoms with van der Waals surface area (Å²) in [4.78, 5) is 11.4. The predicted octanol–water partition coefficient (Wildman–Crippen LogP) is 2.65. The largest absolute Gasteiger partial charge is 0.444 e. The van der Waals surface area contributed by atoms with Crippen molar-refractivity contribution in [3.05, 3.63) is 34.9 Å². The Morgan fingerprint density at radius 1 is 1.38 bits per heavy atom. The van der Waals surface area contributed by atoms with Gasteiger partial charge >= 0.3 is 6.09 Å². The fourth-order valence-electron chi connectivity index (χ4n) is 1.71. The molecule has 118 valence electrons. The van der Waals surface area contributed by atoms with Crippen molar-refractivity contribution >= 4 is 17.7 Å². The molecule has 0 aliphatic heterocycles. The lowest BCUT2D eigenvalue weighted by molar-refractivity contribution is 0.0123. The summed E-state index contributed by atoms with van der Waals surface area (Å²) in [7, 11) is 0. The van der Waals surface area contributed by atoms with Crippen LogP contribution in [-0.4, -0.2) is 34.6 Å². The van der Waals surface area contributed by atoms with E-state index in [0.717, 1.165) is 0 Å². The Hall–Kier alpha value is -1.30. The number of nitrogens with one attached hydrogen (secondary N) is 1. The van der Waals surface area contributed by atoms with Gasteiger partial charge in [0.05, 0.1) is 6.10 Å². The molecule has 1 aromatic carbocycles. The lowest BCUT2D eigenvalue weighted by Crippen LogP contribution is -2.34. The van der Waals surface area contributed by atoms with Crippen LogP contribution in [0.1, 0.15) is 38.9 Å². The minimum absolute atomic E-state index is 0.201. The smallest absolute Gasteiger partial charge is 0.407 e. The third-order valence-electron chi connectivity index (χ3n) is 2.66. The van der Waals surface area contributed by atoms with Crippen molar-refractivity contribution in [2.75, 3.05) is 6.54 Å². The number of hydrogen-bond donors (Lipinski definition) is 3. The van der Waals surface area contributed by atoms with Gasteiger partial charge in [-0.1, -0.05) is 23.7 Å². The van der Waals surface area contributed by atoms with Gasteiger partial charge in [0.15, 0.2) is 0 Å². The summed E-state index contributed by atoms with van der Waals surface area (Å²) < 4.78 is 5.07. The van der Waals surface area contributed by atoms with Crippen LogP contribution in [0.5, 0.6) is 0 Å². The highest BCUT2D eigenvalue weighted by atomic mass is 35.5. The molecule has 0 bridgehead atoms. The number of carbonyl (C=O) groups is 1. The summed E-state index contributed by atoms with van der Waals surface area (Å²) in [5.41, 5.74) is -0.0320. The van der Waals surface area contributed by atoms with Gasteiger partial charge in [0.2, 0.25) is 0 Å². The zero-order valence-corrected chi connectivity index (χ0v) is 13.2. The molecule has 0 aliphatic carbocycles. The Labute approximate surface area is 129 Å². The van der Waals surface area contributed by atoms with Gasteiger partial charge in [-0.3, -0.25) is 0 Å². The molecule has 0 aromatic heterocycles. The Kier molecular flexibility index (Phi) is 6.45. The van der Waals surface area contributed by atoms with Crippen molar-refractivity contribution in [3.63, 3.8) is 0 Å². The molecule has 6 heteroatoms. The van der Waals surface area contributed by atoms with Gasteiger partial charge in [0, 0.05) is 11.6 Å². The number of hydrogen-bond acceptors (Lipinski definition) is 4. The fourth-order valence-corrected chi connectivity index (χ4v) is 1.91. The van der Waals surface area contributed by atoms with E-state index in [1.165, 1.54) is 0 Å². The molecule has 2 unspecified atom stereocenters. The topological polar surface area (TPSA) is 78.8 Å². The maximum atomic E-state index is 11.4. The zero-order chi connectivity index (χ0) is 16.0. The van der Waals surface area contributed by atoms with E-state index in [9.17, 15) is 15.0 Å². The third-order valence-corrected chi connectivity index (χ3v) is 2.90. The highest BCUT2D eigenvalue weighted by Gasteiger charge is 2.20. The van der Waals surface area contributed by atoms with E-state index in [4.69, 9.17) is 16.3 Å². The van der Waals surface area contributed by atoms with E-state index >= 15 is 0 Å². The van der Waals surface area contributed by atoms with Gasteiger partial charge in [-0.05, 0) is 44.9 Å². The van der Waals surface area contributed by atoms with Crippen LogP contribution < -0.4 is 5.32 Å². The molecule has 0 spiro atoms. The molecule has 0 heterocycles. The third kappa shape index (κ3) is 6.80. The van der Waals surface area contributed by atoms with Crippen molar-refractivity contribution in [1.82, 2.24) is 5.32 Å². The monoisotopic (exact) mass is 315 g/mol. The van der Waals surface area contributed by atoms with Crippen molar-refractivity contribution in [3.8, 4) is 0 Å². The number of ether oxygens (including phenoxy) is 1. The summed E-state index contributed by atoms with van der Waals surface area (Å²) in [6, 6.07) is 6.67. The lowest BCUT2D eigenvalue weighted by Gasteiger charge is -2.21. The first-order chi connectivity index (χ1) is 9.69. The minimum atomic E-state index is -1.05. The van der Waals surface area contributed by atoms with E-state index < -0.39 is 23.9 Å². The average Bonchev–Trinajstić information content (AvgIpc) is 2.35. The number of halogens is 1. The summed E-state index contributed by atoms with van der Waals surface area (Å²) >= 11 is 5.83. The Morgan fingerprint density at radius 3 is 2.62 bits per heavy atom. The van der Waals surface area contributed by atoms with E-state index in [2.05, 4.69) is 5.32 Å². The Balaban J connectivity index is 2.40. The van der Waals surface area contributed by atoms with E-state index in [0.29, 0.717) is 10.6 Å². The second-order valence-electron chi connectivity index (χ2n) is 5.78. The van der Waals surface area contributed by atoms with E-state index in [1.807, 2.05) is 0 Å². The zero-order valence-electron chi connectivity index (χ0n) is 12.5. The molecule has 1 aromatic rings. The SMILES string of the molecule is CC(C)(C)OC(=O)NCCC(O)C(O)c1cccc(Cl)c1. The van der Waals surface area contributed by atoms with Crippen LogP contribution in [0.3, 0.4) is 0 Å². The van der Waals surface area contributed by atoms with Crippen LogP contribution in [-0.2, 0) is 4.74 Å². The minimum Gasteiger partial charge on any atom is -0.444 e. The molecule has 2 atom stereocenters. The predicted molar refractivity (Wildman–Crippen MR) is 81.3 cm³/mol. The normalized spacial score (nSPS) is 14.4. The maximum Gasteiger partial charge on any atom is 0.407 e. The summed E-state index contributed by atoms with van der Waals surface area (Å²) in [6.07, 6.45) is -2.40. The van der Waals surface area contributed by atoms with Gasteiger partial charge in [-0.15, -0.1) is 0 Å². The summed E-state index contributed by atoms with van der Waals surface area (Å²) in [5.74, 6) is 0. The molecular formula is C15H22ClNO4. The number of rotatable bonds is 5. The Morgan fingerprint density at radius 2 is 2.05 bits per heavy atom. The van der Waals surface area contributed by atoms with Crippen molar-refractivity contribution < 1.29 is 19.7 Å². The highest BCUT2D eigenvalue weighted by Crippen LogP contribution is 2.21. The van der Waals surface area contributed by atoms with Crippen molar-refractivity contribution in [2.45, 2.75) is 45.0 Å². The maximum absolute atomic E-state index is 11.4. The first-order valence-corrected chi connectivity index (χ1v) is 7.15. The summed E-state index contributed by atoms with van der Waals surface area (Å²) in [5, 5.41) is 23.0. The molecule has 0 aliphatic rings.